The maximum Gasteiger partial charge on any atom is 0.252 e. The molecule has 0 amide bonds. The van der Waals surface area contributed by atoms with Gasteiger partial charge < -0.3 is 14.7 Å². The summed E-state index contributed by atoms with van der Waals surface area (Å²) in [7, 11) is 0. The first kappa shape index (κ1) is 51.8. The number of hydrogen-bond acceptors (Lipinski definition) is 3. The summed E-state index contributed by atoms with van der Waals surface area (Å²) in [6.07, 6.45) is 2.01. The van der Waals surface area contributed by atoms with Gasteiger partial charge in [-0.25, -0.2) is 0 Å². The highest BCUT2D eigenvalue weighted by atomic mass is 15.3. The number of anilines is 8. The number of benzene rings is 10. The third kappa shape index (κ3) is 7.84. The van der Waals surface area contributed by atoms with Gasteiger partial charge in [-0.2, -0.15) is 0 Å². The zero-order valence-corrected chi connectivity index (χ0v) is 49.7. The van der Waals surface area contributed by atoms with E-state index in [1.54, 1.807) is 0 Å². The van der Waals surface area contributed by atoms with Crippen LogP contribution in [-0.4, -0.2) is 6.71 Å². The van der Waals surface area contributed by atoms with Crippen LogP contribution in [0.15, 0.2) is 224 Å². The molecule has 10 aromatic rings. The second-order valence-corrected chi connectivity index (χ2v) is 27.2. The molecule has 0 spiro atoms. The number of hydrogen-bond donors (Lipinski definition) is 0. The minimum atomic E-state index is -0.490. The second kappa shape index (κ2) is 18.6. The third-order valence-corrected chi connectivity index (χ3v) is 19.2. The van der Waals surface area contributed by atoms with E-state index in [2.05, 4.69) is 315 Å². The van der Waals surface area contributed by atoms with Crippen LogP contribution in [0.4, 0.5) is 45.5 Å². The predicted octanol–water partition coefficient (Wildman–Crippen LogP) is 18.6. The van der Waals surface area contributed by atoms with Gasteiger partial charge in [-0.3, -0.25) is 0 Å². The molecule has 2 unspecified atom stereocenters. The third-order valence-electron chi connectivity index (χ3n) is 19.2. The van der Waals surface area contributed by atoms with Gasteiger partial charge in [0.15, 0.2) is 0 Å². The molecular formula is C78H74BN3. The van der Waals surface area contributed by atoms with Crippen molar-refractivity contribution in [3.05, 3.63) is 269 Å². The molecule has 3 nitrogen and oxygen atoms in total. The smallest absolute Gasteiger partial charge is 0.252 e. The van der Waals surface area contributed by atoms with Crippen molar-refractivity contribution in [3.8, 4) is 22.3 Å². The molecule has 82 heavy (non-hydrogen) atoms. The highest BCUT2D eigenvalue weighted by Crippen LogP contribution is 2.67. The number of nitrogens with zero attached hydrogens (tertiary/aromatic N) is 3. The Kier molecular flexibility index (Phi) is 11.7. The molecule has 4 heteroatoms. The lowest BCUT2D eigenvalue weighted by Gasteiger charge is -2.53. The predicted molar refractivity (Wildman–Crippen MR) is 350 cm³/mol. The second-order valence-electron chi connectivity index (χ2n) is 27.2. The van der Waals surface area contributed by atoms with Crippen molar-refractivity contribution in [1.29, 1.82) is 0 Å². The van der Waals surface area contributed by atoms with Crippen molar-refractivity contribution in [2.75, 3.05) is 14.7 Å². The summed E-state index contributed by atoms with van der Waals surface area (Å²) in [4.78, 5) is 8.01. The molecular weight excluding hydrogens is 990 g/mol. The van der Waals surface area contributed by atoms with Crippen molar-refractivity contribution in [1.82, 2.24) is 0 Å². The van der Waals surface area contributed by atoms with Gasteiger partial charge in [-0.1, -0.05) is 226 Å². The Bertz CT molecular complexity index is 4140. The SMILES string of the molecule is Cc1cc2c3c(c1)N(c1ccc(C(C)(C)C)cc1-c1ccccc1)c1cc(-c4ccccc4)ccc1B3c1ccc(N3c4ccc(C(C)(C)C)cc4C4(c5ccccc5)CCc5ccccc5C34C)cc1N2c1ccc(C(C)(C)C)cc1. The lowest BCUT2D eigenvalue weighted by atomic mass is 9.33. The van der Waals surface area contributed by atoms with E-state index in [-0.39, 0.29) is 28.4 Å². The summed E-state index contributed by atoms with van der Waals surface area (Å²) >= 11 is 0. The van der Waals surface area contributed by atoms with Crippen LogP contribution >= 0.6 is 0 Å². The fourth-order valence-corrected chi connectivity index (χ4v) is 15.0. The summed E-state index contributed by atoms with van der Waals surface area (Å²) < 4.78 is 0. The summed E-state index contributed by atoms with van der Waals surface area (Å²) in [5.41, 5.74) is 28.3. The Morgan fingerprint density at radius 1 is 0.402 bits per heavy atom. The largest absolute Gasteiger partial charge is 0.330 e. The standard InChI is InChI=1S/C78H74BN3/c1-51-45-71-73-72(46-51)81(67-41-34-58(75(5,6)7)48-62(67)53-25-17-13-18-26-53)69-47-55(52-23-15-12-16-24-52)31-39-65(69)79(73)66-40-38-61(50-70(66)80(71)60-36-32-56(33-37-60)74(2,3)4)82-68-42-35-59(76(8,9)10)49-64(68)78(57-28-19-14-20-29-57)44-43-54-27-21-22-30-63(54)77(78,82)11/h12-42,45-50H,43-44H2,1-11H3. The van der Waals surface area contributed by atoms with E-state index in [1.165, 1.54) is 123 Å². The molecule has 3 aliphatic heterocycles. The maximum absolute atomic E-state index is 2.77. The Balaban J connectivity index is 1.06. The quantitative estimate of drug-likeness (QED) is 0.154. The van der Waals surface area contributed by atoms with Crippen LogP contribution < -0.4 is 31.1 Å². The molecule has 0 N–H and O–H groups in total. The summed E-state index contributed by atoms with van der Waals surface area (Å²) in [5.74, 6) is 0. The lowest BCUT2D eigenvalue weighted by Crippen LogP contribution is -2.61. The van der Waals surface area contributed by atoms with Gasteiger partial charge in [-0.05, 0) is 181 Å². The van der Waals surface area contributed by atoms with E-state index < -0.39 is 5.54 Å². The van der Waals surface area contributed by atoms with E-state index in [1.807, 2.05) is 0 Å². The first-order valence-electron chi connectivity index (χ1n) is 29.8. The van der Waals surface area contributed by atoms with E-state index >= 15 is 0 Å². The topological polar surface area (TPSA) is 9.72 Å². The molecule has 4 aliphatic rings. The fraction of sp³-hybridized carbons (Fsp3) is 0.231. The van der Waals surface area contributed by atoms with Crippen LogP contribution in [0.5, 0.6) is 0 Å². The van der Waals surface area contributed by atoms with Gasteiger partial charge in [-0.15, -0.1) is 0 Å². The van der Waals surface area contributed by atoms with Crippen LogP contribution in [0.25, 0.3) is 22.3 Å². The molecule has 3 heterocycles. The van der Waals surface area contributed by atoms with Gasteiger partial charge in [0, 0.05) is 45.4 Å². The molecule has 0 radical (unpaired) electrons. The van der Waals surface area contributed by atoms with Gasteiger partial charge >= 0.3 is 0 Å². The van der Waals surface area contributed by atoms with Gasteiger partial charge in [0.2, 0.25) is 0 Å². The normalized spacial score (nSPS) is 17.8. The average Bonchev–Trinajstić information content (AvgIpc) is 1.46. The van der Waals surface area contributed by atoms with E-state index in [0.717, 1.165) is 18.5 Å². The zero-order chi connectivity index (χ0) is 56.7. The zero-order valence-electron chi connectivity index (χ0n) is 49.7. The lowest BCUT2D eigenvalue weighted by molar-refractivity contribution is 0.270. The Labute approximate surface area is 488 Å². The summed E-state index contributed by atoms with van der Waals surface area (Å²) in [6.45, 7) is 25.8. The molecule has 404 valence electrons. The van der Waals surface area contributed by atoms with Crippen molar-refractivity contribution >= 4 is 68.6 Å². The van der Waals surface area contributed by atoms with E-state index in [9.17, 15) is 0 Å². The van der Waals surface area contributed by atoms with Crippen LogP contribution in [0, 0.1) is 6.92 Å². The van der Waals surface area contributed by atoms with E-state index in [0.29, 0.717) is 0 Å². The average molecular weight is 1060 g/mol. The number of rotatable bonds is 6. The van der Waals surface area contributed by atoms with Crippen LogP contribution in [0.2, 0.25) is 0 Å². The molecule has 0 aromatic heterocycles. The summed E-state index contributed by atoms with van der Waals surface area (Å²) in [5, 5.41) is 0. The van der Waals surface area contributed by atoms with Crippen molar-refractivity contribution in [2.24, 2.45) is 0 Å². The van der Waals surface area contributed by atoms with Crippen molar-refractivity contribution in [2.45, 2.75) is 116 Å². The molecule has 14 rings (SSSR count). The first-order valence-corrected chi connectivity index (χ1v) is 29.8. The van der Waals surface area contributed by atoms with Crippen molar-refractivity contribution in [3.63, 3.8) is 0 Å². The summed E-state index contributed by atoms with van der Waals surface area (Å²) in [6, 6.07) is 86.8. The molecule has 0 saturated heterocycles. The Morgan fingerprint density at radius 2 is 0.939 bits per heavy atom. The Hall–Kier alpha value is -8.34. The van der Waals surface area contributed by atoms with Crippen molar-refractivity contribution < 1.29 is 0 Å². The minimum absolute atomic E-state index is 0.00605. The highest BCUT2D eigenvalue weighted by Gasteiger charge is 2.63. The first-order chi connectivity index (χ1) is 39.3. The number of aryl methyl sites for hydroxylation is 2. The number of fused-ring (bicyclic) bond motifs is 9. The fourth-order valence-electron chi connectivity index (χ4n) is 15.0. The molecule has 10 aromatic carbocycles. The molecule has 1 aliphatic carbocycles. The van der Waals surface area contributed by atoms with Crippen LogP contribution in [0.1, 0.15) is 120 Å². The molecule has 2 atom stereocenters. The van der Waals surface area contributed by atoms with Crippen LogP contribution in [-0.2, 0) is 33.6 Å². The highest BCUT2D eigenvalue weighted by molar-refractivity contribution is 7.00. The van der Waals surface area contributed by atoms with E-state index in [4.69, 9.17) is 0 Å². The van der Waals surface area contributed by atoms with Crippen LogP contribution in [0.3, 0.4) is 0 Å². The molecule has 0 fully saturated rings. The van der Waals surface area contributed by atoms with Gasteiger partial charge in [0.25, 0.3) is 6.71 Å². The van der Waals surface area contributed by atoms with Gasteiger partial charge in [0.05, 0.1) is 16.6 Å². The molecule has 0 bridgehead atoms. The maximum atomic E-state index is 2.77. The Morgan fingerprint density at radius 3 is 1.60 bits per heavy atom. The van der Waals surface area contributed by atoms with Gasteiger partial charge in [0.1, 0.15) is 0 Å². The monoisotopic (exact) mass is 1060 g/mol. The minimum Gasteiger partial charge on any atom is -0.330 e. The molecule has 0 saturated carbocycles.